The lowest BCUT2D eigenvalue weighted by Gasteiger charge is -2.34. The minimum absolute atomic E-state index is 0.937. The smallest absolute Gasteiger partial charge is 0.0553 e. The Kier molecular flexibility index (Phi) is 13.6. The molecule has 6 aromatic rings. The molecule has 0 bridgehead atoms. The molecule has 3 heterocycles. The van der Waals surface area contributed by atoms with Crippen molar-refractivity contribution in [2.45, 2.75) is 127 Å². The molecule has 0 aromatic heterocycles. The number of nitrogens with zero attached hydrogens (tertiary/aromatic N) is 3. The van der Waals surface area contributed by atoms with Crippen molar-refractivity contribution in [1.29, 1.82) is 0 Å². The van der Waals surface area contributed by atoms with E-state index in [4.69, 9.17) is 6.42 Å². The average molecular weight is 870 g/mol. The van der Waals surface area contributed by atoms with E-state index in [2.05, 4.69) is 157 Å². The van der Waals surface area contributed by atoms with Crippen LogP contribution in [0.1, 0.15) is 103 Å². The van der Waals surface area contributed by atoms with Crippen molar-refractivity contribution in [2.75, 3.05) is 34.3 Å². The average Bonchev–Trinajstić information content (AvgIpc) is 3.31. The molecular weight excluding hydrogens is 811 g/mol. The molecular formula is C56H59N3S3. The molecule has 0 saturated carbocycles. The number of benzene rings is 6. The lowest BCUT2D eigenvalue weighted by Crippen LogP contribution is -2.22. The first-order chi connectivity index (χ1) is 30.6. The van der Waals surface area contributed by atoms with Gasteiger partial charge in [-0.25, -0.2) is 0 Å². The molecule has 0 saturated heterocycles. The Morgan fingerprint density at radius 2 is 0.710 bits per heavy atom. The van der Waals surface area contributed by atoms with Crippen LogP contribution in [0.3, 0.4) is 0 Å². The van der Waals surface area contributed by atoms with Gasteiger partial charge in [0, 0.05) is 54.6 Å². The molecule has 0 spiro atoms. The number of fused-ring (bicyclic) bond motifs is 6. The molecule has 316 valence electrons. The second-order valence-electron chi connectivity index (χ2n) is 17.0. The van der Waals surface area contributed by atoms with Gasteiger partial charge in [0.2, 0.25) is 0 Å². The van der Waals surface area contributed by atoms with Gasteiger partial charge < -0.3 is 14.7 Å². The minimum Gasteiger partial charge on any atom is -0.340 e. The molecule has 0 radical (unpaired) electrons. The van der Waals surface area contributed by atoms with E-state index in [1.165, 1.54) is 163 Å². The molecule has 9 rings (SSSR count). The molecule has 3 nitrogen and oxygen atoms in total. The Bertz CT molecular complexity index is 2590. The SMILES string of the molecule is C#Cc1ccc2c(c1)Sc1cc(-c3ccc4c(c3)Sc3cc(-c5ccc6c(c5)Sc5ccccc5N6CCCCCC)ccc3N4CCCCCC)ccc1N2CCCCCC. The van der Waals surface area contributed by atoms with Crippen molar-refractivity contribution < 1.29 is 0 Å². The number of hydrogen-bond acceptors (Lipinski definition) is 6. The third-order valence-electron chi connectivity index (χ3n) is 12.6. The van der Waals surface area contributed by atoms with Gasteiger partial charge in [-0.05, 0) is 120 Å². The summed E-state index contributed by atoms with van der Waals surface area (Å²) in [6.07, 6.45) is 20.8. The van der Waals surface area contributed by atoms with Gasteiger partial charge in [-0.2, -0.15) is 0 Å². The molecule has 3 aliphatic rings. The van der Waals surface area contributed by atoms with Gasteiger partial charge in [0.15, 0.2) is 0 Å². The fourth-order valence-electron chi connectivity index (χ4n) is 9.23. The maximum absolute atomic E-state index is 5.88. The fourth-order valence-corrected chi connectivity index (χ4v) is 12.7. The topological polar surface area (TPSA) is 9.72 Å². The van der Waals surface area contributed by atoms with Crippen LogP contribution in [0.25, 0.3) is 22.3 Å². The number of terminal acetylenes is 1. The van der Waals surface area contributed by atoms with Crippen molar-refractivity contribution in [2.24, 2.45) is 0 Å². The van der Waals surface area contributed by atoms with Crippen LogP contribution in [0.5, 0.6) is 0 Å². The molecule has 0 amide bonds. The Balaban J connectivity index is 1.03. The number of rotatable bonds is 17. The summed E-state index contributed by atoms with van der Waals surface area (Å²) in [5.74, 6) is 2.87. The summed E-state index contributed by atoms with van der Waals surface area (Å²) in [6, 6.07) is 44.0. The maximum atomic E-state index is 5.88. The number of anilines is 6. The van der Waals surface area contributed by atoms with E-state index in [0.717, 1.165) is 25.2 Å². The zero-order valence-corrected chi connectivity index (χ0v) is 39.2. The molecule has 0 atom stereocenters. The molecule has 0 fully saturated rings. The molecule has 0 N–H and O–H groups in total. The van der Waals surface area contributed by atoms with Gasteiger partial charge in [0.05, 0.1) is 34.1 Å². The normalized spacial score (nSPS) is 13.4. The predicted molar refractivity (Wildman–Crippen MR) is 270 cm³/mol. The first kappa shape index (κ1) is 42.6. The van der Waals surface area contributed by atoms with Crippen LogP contribution in [0.2, 0.25) is 0 Å². The van der Waals surface area contributed by atoms with Crippen molar-refractivity contribution in [1.82, 2.24) is 0 Å². The molecule has 6 aromatic carbocycles. The quantitative estimate of drug-likeness (QED) is 0.0662. The summed E-state index contributed by atoms with van der Waals surface area (Å²) >= 11 is 5.70. The van der Waals surface area contributed by atoms with Crippen LogP contribution in [0.4, 0.5) is 34.1 Å². The summed E-state index contributed by atoms with van der Waals surface area (Å²) < 4.78 is 0. The van der Waals surface area contributed by atoms with Crippen LogP contribution in [0, 0.1) is 12.3 Å². The first-order valence-electron chi connectivity index (χ1n) is 23.2. The summed E-state index contributed by atoms with van der Waals surface area (Å²) in [4.78, 5) is 15.6. The molecule has 6 heteroatoms. The second-order valence-corrected chi connectivity index (χ2v) is 20.2. The number of para-hydroxylation sites is 1. The third kappa shape index (κ3) is 8.92. The van der Waals surface area contributed by atoms with Gasteiger partial charge in [-0.3, -0.25) is 0 Å². The first-order valence-corrected chi connectivity index (χ1v) is 25.6. The predicted octanol–water partition coefficient (Wildman–Crippen LogP) is 17.6. The summed E-state index contributed by atoms with van der Waals surface area (Å²) in [7, 11) is 0. The highest BCUT2D eigenvalue weighted by atomic mass is 32.2. The van der Waals surface area contributed by atoms with Crippen molar-refractivity contribution in [3.05, 3.63) is 121 Å². The standard InChI is InChI=1S/C56H59N3S3/c1-5-9-12-17-32-57-45-20-15-16-21-51(45)60-53-36-41(23-28-47(53)57)43-25-30-49-55(38-43)62-56-39-44(26-31-50(56)59(49)34-19-14-11-7-3)42-24-29-48-54(37-42)61-52-35-40(8-4)22-27-46(52)58(48)33-18-13-10-6-2/h4,15-16,20-31,35-39H,5-7,9-14,17-19,32-34H2,1-3H3. The van der Waals surface area contributed by atoms with Crippen molar-refractivity contribution >= 4 is 69.4 Å². The van der Waals surface area contributed by atoms with Gasteiger partial charge >= 0.3 is 0 Å². The van der Waals surface area contributed by atoms with E-state index in [9.17, 15) is 0 Å². The van der Waals surface area contributed by atoms with E-state index >= 15 is 0 Å². The van der Waals surface area contributed by atoms with E-state index in [1.807, 2.05) is 35.3 Å². The third-order valence-corrected chi connectivity index (χ3v) is 15.9. The molecule has 62 heavy (non-hydrogen) atoms. The summed E-state index contributed by atoms with van der Waals surface area (Å²) in [5, 5.41) is 0. The largest absolute Gasteiger partial charge is 0.340 e. The van der Waals surface area contributed by atoms with Crippen LogP contribution in [0.15, 0.2) is 145 Å². The zero-order chi connectivity index (χ0) is 42.4. The van der Waals surface area contributed by atoms with Gasteiger partial charge in [-0.15, -0.1) is 6.42 Å². The van der Waals surface area contributed by atoms with E-state index in [1.54, 1.807) is 0 Å². The minimum atomic E-state index is 0.937. The van der Waals surface area contributed by atoms with Crippen LogP contribution in [-0.2, 0) is 0 Å². The van der Waals surface area contributed by atoms with Gasteiger partial charge in [-0.1, -0.05) is 156 Å². The van der Waals surface area contributed by atoms with Crippen LogP contribution >= 0.6 is 35.3 Å². The summed E-state index contributed by atoms with van der Waals surface area (Å²) in [5.41, 5.74) is 13.9. The van der Waals surface area contributed by atoms with E-state index in [0.29, 0.717) is 0 Å². The van der Waals surface area contributed by atoms with Crippen LogP contribution < -0.4 is 14.7 Å². The number of unbranched alkanes of at least 4 members (excludes halogenated alkanes) is 9. The number of hydrogen-bond donors (Lipinski definition) is 0. The highest BCUT2D eigenvalue weighted by molar-refractivity contribution is 8.00. The molecule has 0 unspecified atom stereocenters. The van der Waals surface area contributed by atoms with E-state index in [-0.39, 0.29) is 0 Å². The Morgan fingerprint density at radius 3 is 1.10 bits per heavy atom. The Morgan fingerprint density at radius 1 is 0.371 bits per heavy atom. The summed E-state index contributed by atoms with van der Waals surface area (Å²) in [6.45, 7) is 9.95. The van der Waals surface area contributed by atoms with E-state index < -0.39 is 0 Å². The highest BCUT2D eigenvalue weighted by Crippen LogP contribution is 2.54. The molecule has 3 aliphatic heterocycles. The second kappa shape index (κ2) is 19.8. The van der Waals surface area contributed by atoms with Gasteiger partial charge in [0.25, 0.3) is 0 Å². The Labute approximate surface area is 384 Å². The fraction of sp³-hybridized carbons (Fsp3) is 0.321. The lowest BCUT2D eigenvalue weighted by atomic mass is 10.0. The van der Waals surface area contributed by atoms with Crippen LogP contribution in [-0.4, -0.2) is 19.6 Å². The zero-order valence-electron chi connectivity index (χ0n) is 36.7. The van der Waals surface area contributed by atoms with Crippen molar-refractivity contribution in [3.8, 4) is 34.6 Å². The lowest BCUT2D eigenvalue weighted by molar-refractivity contribution is 0.665. The van der Waals surface area contributed by atoms with Crippen molar-refractivity contribution in [3.63, 3.8) is 0 Å². The molecule has 0 aliphatic carbocycles. The maximum Gasteiger partial charge on any atom is 0.0553 e. The highest BCUT2D eigenvalue weighted by Gasteiger charge is 2.28. The van der Waals surface area contributed by atoms with Gasteiger partial charge in [0.1, 0.15) is 0 Å². The Hall–Kier alpha value is -4.67. The monoisotopic (exact) mass is 869 g/mol.